The Hall–Kier alpha value is -2.61. The Morgan fingerprint density at radius 2 is 1.86 bits per heavy atom. The molecule has 8 heteroatoms. The largest absolute Gasteiger partial charge is 0.323 e. The van der Waals surface area contributed by atoms with Gasteiger partial charge in [-0.3, -0.25) is 9.71 Å². The van der Waals surface area contributed by atoms with Gasteiger partial charge < -0.3 is 9.97 Å². The van der Waals surface area contributed by atoms with Crippen molar-refractivity contribution >= 4 is 26.7 Å². The average molecular weight is 304 g/mol. The van der Waals surface area contributed by atoms with Crippen LogP contribution >= 0.6 is 0 Å². The fourth-order valence-corrected chi connectivity index (χ4v) is 3.06. The first-order valence-corrected chi connectivity index (χ1v) is 7.59. The lowest BCUT2D eigenvalue weighted by molar-refractivity contribution is 0.601. The third-order valence-electron chi connectivity index (χ3n) is 2.92. The van der Waals surface area contributed by atoms with E-state index in [9.17, 15) is 13.2 Å². The number of aryl methyl sites for hydroxylation is 1. The van der Waals surface area contributed by atoms with Gasteiger partial charge in [0.25, 0.3) is 10.0 Å². The number of imidazole rings is 1. The van der Waals surface area contributed by atoms with Crippen LogP contribution in [0.25, 0.3) is 11.0 Å². The third-order valence-corrected chi connectivity index (χ3v) is 4.30. The van der Waals surface area contributed by atoms with Crippen LogP contribution < -0.4 is 10.4 Å². The molecule has 0 saturated heterocycles. The molecular formula is C13H12N4O3S. The highest BCUT2D eigenvalue weighted by molar-refractivity contribution is 7.92. The standard InChI is InChI=1S/C13H12N4O3S/c1-8-4-9(7-14-6-8)17-21(19,20)10-2-3-11-12(5-10)16-13(18)15-11/h2-7,17H,1H3,(H2,15,16,18). The SMILES string of the molecule is Cc1cncc(NS(=O)(=O)c2ccc3[nH]c(=O)[nH]c3c2)c1. The van der Waals surface area contributed by atoms with Crippen molar-refractivity contribution in [2.75, 3.05) is 4.72 Å². The van der Waals surface area contributed by atoms with Gasteiger partial charge in [0.15, 0.2) is 0 Å². The molecular weight excluding hydrogens is 292 g/mol. The van der Waals surface area contributed by atoms with Gasteiger partial charge in [0.1, 0.15) is 0 Å². The zero-order valence-corrected chi connectivity index (χ0v) is 11.9. The quantitative estimate of drug-likeness (QED) is 0.679. The van der Waals surface area contributed by atoms with Gasteiger partial charge >= 0.3 is 5.69 Å². The van der Waals surface area contributed by atoms with Gasteiger partial charge in [-0.15, -0.1) is 0 Å². The number of nitrogens with one attached hydrogen (secondary N) is 3. The van der Waals surface area contributed by atoms with Crippen molar-refractivity contribution in [1.29, 1.82) is 0 Å². The van der Waals surface area contributed by atoms with Crippen LogP contribution in [0.4, 0.5) is 5.69 Å². The maximum absolute atomic E-state index is 12.3. The van der Waals surface area contributed by atoms with E-state index in [1.165, 1.54) is 24.4 Å². The molecule has 2 aromatic heterocycles. The fraction of sp³-hybridized carbons (Fsp3) is 0.0769. The predicted molar refractivity (Wildman–Crippen MR) is 78.7 cm³/mol. The average Bonchev–Trinajstić information content (AvgIpc) is 2.77. The molecule has 0 radical (unpaired) electrons. The zero-order valence-electron chi connectivity index (χ0n) is 11.0. The second kappa shape index (κ2) is 4.74. The van der Waals surface area contributed by atoms with Crippen LogP contribution in [-0.2, 0) is 10.0 Å². The second-order valence-corrected chi connectivity index (χ2v) is 6.33. The van der Waals surface area contributed by atoms with Gasteiger partial charge in [0.05, 0.1) is 27.8 Å². The number of hydrogen-bond acceptors (Lipinski definition) is 4. The lowest BCUT2D eigenvalue weighted by Gasteiger charge is -2.08. The van der Waals surface area contributed by atoms with Gasteiger partial charge in [-0.05, 0) is 36.8 Å². The van der Waals surface area contributed by atoms with Crippen molar-refractivity contribution in [3.63, 3.8) is 0 Å². The topological polar surface area (TPSA) is 108 Å². The van der Waals surface area contributed by atoms with Crippen LogP contribution in [0.2, 0.25) is 0 Å². The van der Waals surface area contributed by atoms with E-state index >= 15 is 0 Å². The minimum absolute atomic E-state index is 0.0618. The molecule has 0 aliphatic carbocycles. The normalized spacial score (nSPS) is 11.7. The maximum atomic E-state index is 12.3. The summed E-state index contributed by atoms with van der Waals surface area (Å²) >= 11 is 0. The molecule has 2 heterocycles. The summed E-state index contributed by atoms with van der Waals surface area (Å²) in [7, 11) is -3.74. The molecule has 21 heavy (non-hydrogen) atoms. The maximum Gasteiger partial charge on any atom is 0.323 e. The van der Waals surface area contributed by atoms with E-state index in [4.69, 9.17) is 0 Å². The highest BCUT2D eigenvalue weighted by Crippen LogP contribution is 2.18. The lowest BCUT2D eigenvalue weighted by atomic mass is 10.3. The minimum Gasteiger partial charge on any atom is -0.306 e. The van der Waals surface area contributed by atoms with Crippen LogP contribution in [-0.4, -0.2) is 23.4 Å². The Labute approximate surface area is 120 Å². The molecule has 0 atom stereocenters. The molecule has 1 aromatic carbocycles. The number of pyridine rings is 1. The molecule has 0 spiro atoms. The summed E-state index contributed by atoms with van der Waals surface area (Å²) in [5.74, 6) is 0. The Bertz CT molecular complexity index is 972. The molecule has 0 fully saturated rings. The van der Waals surface area contributed by atoms with Crippen LogP contribution in [0.15, 0.2) is 46.3 Å². The first kappa shape index (κ1) is 13.4. The number of hydrogen-bond donors (Lipinski definition) is 3. The Kier molecular flexibility index (Phi) is 3.02. The van der Waals surface area contributed by atoms with E-state index in [1.807, 2.05) is 6.92 Å². The molecule has 7 nitrogen and oxygen atoms in total. The number of nitrogens with zero attached hydrogens (tertiary/aromatic N) is 1. The zero-order chi connectivity index (χ0) is 15.0. The van der Waals surface area contributed by atoms with Crippen molar-refractivity contribution in [2.24, 2.45) is 0 Å². The number of rotatable bonds is 3. The van der Waals surface area contributed by atoms with Gasteiger partial charge in [-0.1, -0.05) is 0 Å². The fourth-order valence-electron chi connectivity index (χ4n) is 2.00. The van der Waals surface area contributed by atoms with E-state index in [0.717, 1.165) is 5.56 Å². The smallest absolute Gasteiger partial charge is 0.306 e. The van der Waals surface area contributed by atoms with E-state index in [-0.39, 0.29) is 10.6 Å². The Balaban J connectivity index is 2.01. The molecule has 0 aliphatic rings. The highest BCUT2D eigenvalue weighted by atomic mass is 32.2. The molecule has 3 rings (SSSR count). The van der Waals surface area contributed by atoms with E-state index in [2.05, 4.69) is 19.7 Å². The first-order chi connectivity index (χ1) is 9.94. The number of anilines is 1. The summed E-state index contributed by atoms with van der Waals surface area (Å²) in [6.07, 6.45) is 3.07. The summed E-state index contributed by atoms with van der Waals surface area (Å²) in [6, 6.07) is 6.05. The molecule has 3 aromatic rings. The van der Waals surface area contributed by atoms with Gasteiger partial charge in [-0.25, -0.2) is 13.2 Å². The molecule has 3 N–H and O–H groups in total. The summed E-state index contributed by atoms with van der Waals surface area (Å²) in [5, 5.41) is 0. The van der Waals surface area contributed by atoms with Crippen molar-refractivity contribution in [2.45, 2.75) is 11.8 Å². The third kappa shape index (κ3) is 2.65. The van der Waals surface area contributed by atoms with Crippen molar-refractivity contribution < 1.29 is 8.42 Å². The summed E-state index contributed by atoms with van der Waals surface area (Å²) in [5.41, 5.74) is 1.84. The number of fused-ring (bicyclic) bond motifs is 1. The van der Waals surface area contributed by atoms with Gasteiger partial charge in [0.2, 0.25) is 0 Å². The number of benzene rings is 1. The highest BCUT2D eigenvalue weighted by Gasteiger charge is 2.15. The van der Waals surface area contributed by atoms with Gasteiger partial charge in [-0.2, -0.15) is 0 Å². The van der Waals surface area contributed by atoms with Crippen LogP contribution in [0.5, 0.6) is 0 Å². The number of H-pyrrole nitrogens is 2. The van der Waals surface area contributed by atoms with E-state index in [0.29, 0.717) is 16.7 Å². The summed E-state index contributed by atoms with van der Waals surface area (Å²) in [6.45, 7) is 1.82. The van der Waals surface area contributed by atoms with E-state index < -0.39 is 10.0 Å². The van der Waals surface area contributed by atoms with Crippen molar-refractivity contribution in [1.82, 2.24) is 15.0 Å². The summed E-state index contributed by atoms with van der Waals surface area (Å²) in [4.78, 5) is 20.3. The number of aromatic nitrogens is 3. The van der Waals surface area contributed by atoms with Gasteiger partial charge in [0, 0.05) is 6.20 Å². The number of sulfonamides is 1. The van der Waals surface area contributed by atoms with E-state index in [1.54, 1.807) is 12.3 Å². The first-order valence-electron chi connectivity index (χ1n) is 6.10. The van der Waals surface area contributed by atoms with Crippen LogP contribution in [0.1, 0.15) is 5.56 Å². The van der Waals surface area contributed by atoms with Crippen molar-refractivity contribution in [3.05, 3.63) is 52.7 Å². The van der Waals surface area contributed by atoms with Crippen LogP contribution in [0, 0.1) is 6.92 Å². The Morgan fingerprint density at radius 1 is 1.10 bits per heavy atom. The predicted octanol–water partition coefficient (Wildman–Crippen LogP) is 1.36. The Morgan fingerprint density at radius 3 is 2.62 bits per heavy atom. The molecule has 0 saturated carbocycles. The van der Waals surface area contributed by atoms with Crippen molar-refractivity contribution in [3.8, 4) is 0 Å². The molecule has 0 unspecified atom stereocenters. The number of aromatic amines is 2. The lowest BCUT2D eigenvalue weighted by Crippen LogP contribution is -2.13. The monoisotopic (exact) mass is 304 g/mol. The minimum atomic E-state index is -3.74. The molecule has 0 amide bonds. The second-order valence-electron chi connectivity index (χ2n) is 4.64. The molecule has 0 bridgehead atoms. The van der Waals surface area contributed by atoms with Crippen LogP contribution in [0.3, 0.4) is 0 Å². The molecule has 0 aliphatic heterocycles. The summed E-state index contributed by atoms with van der Waals surface area (Å²) < 4.78 is 27.1. The molecule has 108 valence electrons.